The number of ether oxygens (including phenoxy) is 1. The predicted octanol–water partition coefficient (Wildman–Crippen LogP) is 1.93. The minimum absolute atomic E-state index is 0.108. The highest BCUT2D eigenvalue weighted by molar-refractivity contribution is 5.96. The van der Waals surface area contributed by atoms with Gasteiger partial charge in [0.15, 0.2) is 0 Å². The molecule has 2 heterocycles. The van der Waals surface area contributed by atoms with Gasteiger partial charge in [0.1, 0.15) is 12.1 Å². The van der Waals surface area contributed by atoms with Gasteiger partial charge in [-0.25, -0.2) is 4.68 Å². The third kappa shape index (κ3) is 3.72. The number of amides is 1. The number of aromatic nitrogens is 4. The number of carbonyl (C=O) groups excluding carboxylic acids is 1. The molecular weight excluding hydrogens is 358 g/mol. The Bertz CT molecular complexity index is 956. The number of β-amino-alcohol motifs (C(OH)–C–C–N with tert-alkyl or cyclic N) is 1. The van der Waals surface area contributed by atoms with Crippen molar-refractivity contribution in [2.45, 2.75) is 18.9 Å². The van der Waals surface area contributed by atoms with E-state index in [1.54, 1.807) is 18.1 Å². The lowest BCUT2D eigenvalue weighted by atomic mass is 10.00. The Labute approximate surface area is 162 Å². The van der Waals surface area contributed by atoms with Crippen molar-refractivity contribution in [2.75, 3.05) is 20.2 Å². The van der Waals surface area contributed by atoms with Crippen molar-refractivity contribution in [3.8, 4) is 22.6 Å². The third-order valence-electron chi connectivity index (χ3n) is 4.89. The number of hydrogen-bond acceptors (Lipinski definition) is 6. The molecular formula is C20H21N5O3. The van der Waals surface area contributed by atoms with Crippen LogP contribution in [0.3, 0.4) is 0 Å². The van der Waals surface area contributed by atoms with Crippen LogP contribution in [0.25, 0.3) is 16.8 Å². The second kappa shape index (κ2) is 7.77. The van der Waals surface area contributed by atoms with Gasteiger partial charge in [-0.3, -0.25) is 4.79 Å². The molecule has 0 spiro atoms. The summed E-state index contributed by atoms with van der Waals surface area (Å²) < 4.78 is 6.75. The van der Waals surface area contributed by atoms with Crippen LogP contribution in [0.2, 0.25) is 0 Å². The molecule has 0 radical (unpaired) electrons. The molecule has 2 aromatic carbocycles. The molecule has 0 aliphatic carbocycles. The van der Waals surface area contributed by atoms with Gasteiger partial charge in [0.25, 0.3) is 5.91 Å². The quantitative estimate of drug-likeness (QED) is 0.745. The first-order valence-corrected chi connectivity index (χ1v) is 9.14. The molecule has 1 fully saturated rings. The van der Waals surface area contributed by atoms with Crippen LogP contribution in [0.15, 0.2) is 48.8 Å². The highest BCUT2D eigenvalue weighted by atomic mass is 16.5. The number of aliphatic hydroxyl groups excluding tert-OH is 1. The Balaban J connectivity index is 1.74. The second-order valence-electron chi connectivity index (χ2n) is 6.80. The van der Waals surface area contributed by atoms with Crippen molar-refractivity contribution in [2.24, 2.45) is 0 Å². The Morgan fingerprint density at radius 2 is 2.00 bits per heavy atom. The lowest BCUT2D eigenvalue weighted by Crippen LogP contribution is -2.42. The van der Waals surface area contributed by atoms with Crippen LogP contribution in [-0.4, -0.2) is 62.4 Å². The highest BCUT2D eigenvalue weighted by Gasteiger charge is 2.24. The van der Waals surface area contributed by atoms with Gasteiger partial charge < -0.3 is 14.7 Å². The SMILES string of the molecule is COc1ccc(-c2cc(C(=O)N3CCC[C@@H](O)C3)cc(-n3cnnn3)c2)cc1. The number of methoxy groups -OCH3 is 1. The van der Waals surface area contributed by atoms with Crippen LogP contribution >= 0.6 is 0 Å². The minimum atomic E-state index is -0.471. The fourth-order valence-corrected chi connectivity index (χ4v) is 3.42. The van der Waals surface area contributed by atoms with Crippen LogP contribution in [0.4, 0.5) is 0 Å². The van der Waals surface area contributed by atoms with Crippen molar-refractivity contribution in [1.82, 2.24) is 25.1 Å². The van der Waals surface area contributed by atoms with Gasteiger partial charge >= 0.3 is 0 Å². The number of likely N-dealkylation sites (tertiary alicyclic amines) is 1. The van der Waals surface area contributed by atoms with E-state index in [0.29, 0.717) is 24.3 Å². The zero-order valence-corrected chi connectivity index (χ0v) is 15.5. The number of hydrogen-bond donors (Lipinski definition) is 1. The summed E-state index contributed by atoms with van der Waals surface area (Å²) in [4.78, 5) is 14.8. The largest absolute Gasteiger partial charge is 0.497 e. The van der Waals surface area contributed by atoms with Gasteiger partial charge in [-0.05, 0) is 64.7 Å². The molecule has 1 aliphatic heterocycles. The summed E-state index contributed by atoms with van der Waals surface area (Å²) in [5, 5.41) is 21.2. The molecule has 4 rings (SSSR count). The zero-order chi connectivity index (χ0) is 19.5. The molecule has 0 saturated carbocycles. The van der Waals surface area contributed by atoms with E-state index in [4.69, 9.17) is 4.74 Å². The van der Waals surface area contributed by atoms with E-state index in [1.165, 1.54) is 11.0 Å². The minimum Gasteiger partial charge on any atom is -0.497 e. The number of benzene rings is 2. The van der Waals surface area contributed by atoms with Crippen LogP contribution in [-0.2, 0) is 0 Å². The van der Waals surface area contributed by atoms with Gasteiger partial charge in [-0.1, -0.05) is 12.1 Å². The van der Waals surface area contributed by atoms with E-state index < -0.39 is 6.10 Å². The van der Waals surface area contributed by atoms with Gasteiger partial charge in [0.05, 0.1) is 18.9 Å². The molecule has 8 heteroatoms. The van der Waals surface area contributed by atoms with E-state index in [9.17, 15) is 9.90 Å². The van der Waals surface area contributed by atoms with Crippen LogP contribution < -0.4 is 4.74 Å². The number of nitrogens with zero attached hydrogens (tertiary/aromatic N) is 5. The average Bonchev–Trinajstić information content (AvgIpc) is 3.28. The molecule has 8 nitrogen and oxygen atoms in total. The number of aliphatic hydroxyl groups is 1. The van der Waals surface area contributed by atoms with Gasteiger partial charge in [-0.2, -0.15) is 0 Å². The Morgan fingerprint density at radius 3 is 2.68 bits per heavy atom. The third-order valence-corrected chi connectivity index (χ3v) is 4.89. The van der Waals surface area contributed by atoms with E-state index in [-0.39, 0.29) is 5.91 Å². The normalized spacial score (nSPS) is 16.8. The summed E-state index contributed by atoms with van der Waals surface area (Å²) in [5.74, 6) is 0.655. The lowest BCUT2D eigenvalue weighted by Gasteiger charge is -2.30. The number of piperidine rings is 1. The molecule has 28 heavy (non-hydrogen) atoms. The average molecular weight is 379 g/mol. The van der Waals surface area contributed by atoms with E-state index in [1.807, 2.05) is 36.4 Å². The van der Waals surface area contributed by atoms with E-state index in [0.717, 1.165) is 29.7 Å². The fourth-order valence-electron chi connectivity index (χ4n) is 3.42. The Kier molecular flexibility index (Phi) is 5.03. The topological polar surface area (TPSA) is 93.4 Å². The number of carbonyl (C=O) groups is 1. The fraction of sp³-hybridized carbons (Fsp3) is 0.300. The summed E-state index contributed by atoms with van der Waals surface area (Å²) >= 11 is 0. The first-order chi connectivity index (χ1) is 13.6. The monoisotopic (exact) mass is 379 g/mol. The van der Waals surface area contributed by atoms with Gasteiger partial charge in [0.2, 0.25) is 0 Å². The predicted molar refractivity (Wildman–Crippen MR) is 102 cm³/mol. The summed E-state index contributed by atoms with van der Waals surface area (Å²) in [7, 11) is 1.62. The summed E-state index contributed by atoms with van der Waals surface area (Å²) in [6.45, 7) is 0.995. The standard InChI is InChI=1S/C20H21N5O3/c1-28-19-6-4-14(5-7-19)15-9-16(11-17(10-15)25-13-21-22-23-25)20(27)24-8-2-3-18(26)12-24/h4-7,9-11,13,18,26H,2-3,8,12H2,1H3/t18-/m1/s1. The number of rotatable bonds is 4. The second-order valence-corrected chi connectivity index (χ2v) is 6.80. The van der Waals surface area contributed by atoms with Crippen LogP contribution in [0, 0.1) is 0 Å². The molecule has 3 aromatic rings. The van der Waals surface area contributed by atoms with Crippen molar-refractivity contribution < 1.29 is 14.6 Å². The van der Waals surface area contributed by atoms with Crippen molar-refractivity contribution in [1.29, 1.82) is 0 Å². The summed E-state index contributed by atoms with van der Waals surface area (Å²) in [5.41, 5.74) is 3.05. The summed E-state index contributed by atoms with van der Waals surface area (Å²) in [6, 6.07) is 13.2. The van der Waals surface area contributed by atoms with Gasteiger partial charge in [0, 0.05) is 18.7 Å². The van der Waals surface area contributed by atoms with Gasteiger partial charge in [-0.15, -0.1) is 5.10 Å². The zero-order valence-electron chi connectivity index (χ0n) is 15.5. The van der Waals surface area contributed by atoms with Crippen molar-refractivity contribution in [3.63, 3.8) is 0 Å². The Hall–Kier alpha value is -3.26. The molecule has 0 unspecified atom stereocenters. The lowest BCUT2D eigenvalue weighted by molar-refractivity contribution is 0.0474. The highest BCUT2D eigenvalue weighted by Crippen LogP contribution is 2.27. The van der Waals surface area contributed by atoms with Crippen LogP contribution in [0.1, 0.15) is 23.2 Å². The van der Waals surface area contributed by atoms with E-state index in [2.05, 4.69) is 15.5 Å². The van der Waals surface area contributed by atoms with Crippen LogP contribution in [0.5, 0.6) is 5.75 Å². The maximum absolute atomic E-state index is 13.1. The first-order valence-electron chi connectivity index (χ1n) is 9.14. The number of tetrazole rings is 1. The summed E-state index contributed by atoms with van der Waals surface area (Å²) in [6.07, 6.45) is 2.55. The maximum atomic E-state index is 13.1. The molecule has 1 aliphatic rings. The molecule has 1 N–H and O–H groups in total. The van der Waals surface area contributed by atoms with Crippen molar-refractivity contribution in [3.05, 3.63) is 54.4 Å². The molecule has 1 atom stereocenters. The smallest absolute Gasteiger partial charge is 0.254 e. The maximum Gasteiger partial charge on any atom is 0.254 e. The molecule has 1 aromatic heterocycles. The first kappa shape index (κ1) is 18.1. The van der Waals surface area contributed by atoms with E-state index >= 15 is 0 Å². The molecule has 1 saturated heterocycles. The van der Waals surface area contributed by atoms with Crippen molar-refractivity contribution >= 4 is 5.91 Å². The molecule has 144 valence electrons. The molecule has 1 amide bonds. The Morgan fingerprint density at radius 1 is 1.18 bits per heavy atom. The molecule has 0 bridgehead atoms.